The molecule has 0 saturated heterocycles. The molecule has 1 unspecified atom stereocenters. The molecule has 1 aliphatic rings. The summed E-state index contributed by atoms with van der Waals surface area (Å²) in [5.41, 5.74) is 13.5. The molecule has 0 amide bonds. The molecule has 0 fully saturated rings. The first-order chi connectivity index (χ1) is 31.1. The average Bonchev–Trinajstić information content (AvgIpc) is 4.04. The van der Waals surface area contributed by atoms with Crippen LogP contribution in [0, 0.1) is 0 Å². The number of benzene rings is 8. The van der Waals surface area contributed by atoms with Crippen LogP contribution in [0.15, 0.2) is 207 Å². The fourth-order valence-corrected chi connectivity index (χ4v) is 9.26. The van der Waals surface area contributed by atoms with E-state index in [0.29, 0.717) is 17.5 Å². The first-order valence-corrected chi connectivity index (χ1v) is 21.3. The Hall–Kier alpha value is -8.35. The molecule has 8 aromatic carbocycles. The van der Waals surface area contributed by atoms with Gasteiger partial charge < -0.3 is 13.3 Å². The third kappa shape index (κ3) is 6.06. The number of para-hydroxylation sites is 3. The molecular formula is C57H35N3O3. The van der Waals surface area contributed by atoms with Crippen molar-refractivity contribution in [3.63, 3.8) is 0 Å². The van der Waals surface area contributed by atoms with Crippen molar-refractivity contribution in [2.24, 2.45) is 0 Å². The molecule has 4 heterocycles. The summed E-state index contributed by atoms with van der Waals surface area (Å²) in [7, 11) is 0. The number of allylic oxidation sites excluding steroid dienone is 4. The first-order valence-electron chi connectivity index (χ1n) is 21.3. The van der Waals surface area contributed by atoms with Crippen LogP contribution < -0.4 is 0 Å². The van der Waals surface area contributed by atoms with Gasteiger partial charge in [0.05, 0.1) is 0 Å². The molecule has 12 aromatic rings. The van der Waals surface area contributed by atoms with Crippen molar-refractivity contribution >= 4 is 71.4 Å². The highest BCUT2D eigenvalue weighted by molar-refractivity contribution is 6.08. The highest BCUT2D eigenvalue weighted by Crippen LogP contribution is 2.40. The fourth-order valence-electron chi connectivity index (χ4n) is 9.26. The molecule has 6 heteroatoms. The van der Waals surface area contributed by atoms with Gasteiger partial charge in [-0.15, -0.1) is 0 Å². The Morgan fingerprint density at radius 3 is 1.37 bits per heavy atom. The standard InChI is InChI=1S/C57H35N3O3/c1-2-10-35(11-3-1)55-58-56(36-20-18-34(19-21-36)37-22-25-52-46(31-37)43-12-4-7-15-49(43)61-52)60-57(59-55)42-29-40(38-23-26-53-47(32-38)44-13-5-8-16-50(44)62-53)28-41(30-42)39-24-27-54-48(33-39)45-14-6-9-17-51(45)63-54/h1-18,20-34H,19H2. The predicted molar refractivity (Wildman–Crippen MR) is 254 cm³/mol. The number of hydrogen-bond donors (Lipinski definition) is 0. The van der Waals surface area contributed by atoms with Crippen LogP contribution in [0.1, 0.15) is 23.7 Å². The van der Waals surface area contributed by atoms with Gasteiger partial charge >= 0.3 is 0 Å². The minimum Gasteiger partial charge on any atom is -0.456 e. The number of aromatic nitrogens is 3. The lowest BCUT2D eigenvalue weighted by Crippen LogP contribution is -2.05. The summed E-state index contributed by atoms with van der Waals surface area (Å²) in [5.74, 6) is 2.05. The SMILES string of the molecule is C1=CC(c2ccc3oc4ccccc4c3c2)CC=C1c1nc(-c2ccccc2)nc(-c2cc(-c3ccc4oc5ccccc5c4c3)cc(-c3ccc4oc5ccccc5c4c3)c2)n1. The van der Waals surface area contributed by atoms with Crippen molar-refractivity contribution < 1.29 is 13.3 Å². The summed E-state index contributed by atoms with van der Waals surface area (Å²) in [6, 6.07) is 60.8. The van der Waals surface area contributed by atoms with E-state index in [1.807, 2.05) is 54.6 Å². The highest BCUT2D eigenvalue weighted by Gasteiger charge is 2.20. The van der Waals surface area contributed by atoms with Crippen LogP contribution in [-0.2, 0) is 0 Å². The first kappa shape index (κ1) is 35.4. The second-order valence-corrected chi connectivity index (χ2v) is 16.3. The topological polar surface area (TPSA) is 78.1 Å². The molecular weight excluding hydrogens is 775 g/mol. The number of hydrogen-bond acceptors (Lipinski definition) is 6. The van der Waals surface area contributed by atoms with E-state index in [0.717, 1.165) is 111 Å². The molecule has 0 radical (unpaired) electrons. The van der Waals surface area contributed by atoms with Crippen LogP contribution in [0.4, 0.5) is 0 Å². The Morgan fingerprint density at radius 2 is 0.810 bits per heavy atom. The van der Waals surface area contributed by atoms with Crippen molar-refractivity contribution in [2.45, 2.75) is 12.3 Å². The number of nitrogens with zero attached hydrogens (tertiary/aromatic N) is 3. The molecule has 1 atom stereocenters. The smallest absolute Gasteiger partial charge is 0.164 e. The van der Waals surface area contributed by atoms with Crippen molar-refractivity contribution in [3.05, 3.63) is 206 Å². The Morgan fingerprint density at radius 1 is 0.349 bits per heavy atom. The van der Waals surface area contributed by atoms with E-state index in [4.69, 9.17) is 28.2 Å². The minimum atomic E-state index is 0.204. The third-order valence-electron chi connectivity index (χ3n) is 12.5. The van der Waals surface area contributed by atoms with E-state index < -0.39 is 0 Å². The maximum absolute atomic E-state index is 6.23. The minimum absolute atomic E-state index is 0.204. The third-order valence-corrected chi connectivity index (χ3v) is 12.5. The van der Waals surface area contributed by atoms with E-state index in [1.165, 1.54) is 5.56 Å². The Balaban J connectivity index is 0.949. The molecule has 1 aliphatic carbocycles. The summed E-state index contributed by atoms with van der Waals surface area (Å²) in [6.45, 7) is 0. The lowest BCUT2D eigenvalue weighted by atomic mass is 9.89. The predicted octanol–water partition coefficient (Wildman–Crippen LogP) is 15.4. The largest absolute Gasteiger partial charge is 0.456 e. The molecule has 0 saturated carbocycles. The maximum Gasteiger partial charge on any atom is 0.164 e. The van der Waals surface area contributed by atoms with Gasteiger partial charge in [-0.2, -0.15) is 0 Å². The number of rotatable bonds is 6. The van der Waals surface area contributed by atoms with Gasteiger partial charge in [-0.05, 0) is 107 Å². The molecule has 63 heavy (non-hydrogen) atoms. The molecule has 0 aliphatic heterocycles. The zero-order valence-corrected chi connectivity index (χ0v) is 33.8. The molecule has 13 rings (SSSR count). The van der Waals surface area contributed by atoms with Crippen LogP contribution >= 0.6 is 0 Å². The lowest BCUT2D eigenvalue weighted by molar-refractivity contribution is 0.668. The number of fused-ring (bicyclic) bond motifs is 9. The van der Waals surface area contributed by atoms with Crippen LogP contribution in [0.3, 0.4) is 0 Å². The molecule has 0 N–H and O–H groups in total. The van der Waals surface area contributed by atoms with Gasteiger partial charge in [0.15, 0.2) is 17.5 Å². The van der Waals surface area contributed by atoms with E-state index in [-0.39, 0.29) is 5.92 Å². The monoisotopic (exact) mass is 809 g/mol. The van der Waals surface area contributed by atoms with Crippen LogP contribution in [-0.4, -0.2) is 15.0 Å². The van der Waals surface area contributed by atoms with Gasteiger partial charge in [-0.25, -0.2) is 15.0 Å². The van der Waals surface area contributed by atoms with E-state index in [2.05, 4.69) is 140 Å². The molecule has 0 spiro atoms. The lowest BCUT2D eigenvalue weighted by Gasteiger charge is -2.17. The van der Waals surface area contributed by atoms with Crippen LogP contribution in [0.5, 0.6) is 0 Å². The van der Waals surface area contributed by atoms with Crippen molar-refractivity contribution in [1.82, 2.24) is 15.0 Å². The Kier molecular flexibility index (Phi) is 7.93. The van der Waals surface area contributed by atoms with E-state index in [9.17, 15) is 0 Å². The van der Waals surface area contributed by atoms with Crippen molar-refractivity contribution in [2.75, 3.05) is 0 Å². The van der Waals surface area contributed by atoms with E-state index in [1.54, 1.807) is 0 Å². The van der Waals surface area contributed by atoms with Gasteiger partial charge in [0.2, 0.25) is 0 Å². The molecule has 296 valence electrons. The summed E-state index contributed by atoms with van der Waals surface area (Å²) in [4.78, 5) is 15.6. The van der Waals surface area contributed by atoms with Crippen molar-refractivity contribution in [1.29, 1.82) is 0 Å². The Labute approximate surface area is 361 Å². The maximum atomic E-state index is 6.23. The van der Waals surface area contributed by atoms with E-state index >= 15 is 0 Å². The zero-order valence-electron chi connectivity index (χ0n) is 33.8. The highest BCUT2D eigenvalue weighted by atomic mass is 16.3. The Bertz CT molecular complexity index is 3720. The molecule has 6 nitrogen and oxygen atoms in total. The summed E-state index contributed by atoms with van der Waals surface area (Å²) < 4.78 is 18.6. The summed E-state index contributed by atoms with van der Waals surface area (Å²) in [5, 5.41) is 6.59. The average molecular weight is 810 g/mol. The normalized spacial score (nSPS) is 14.2. The van der Waals surface area contributed by atoms with Crippen LogP contribution in [0.25, 0.3) is 116 Å². The summed E-state index contributed by atoms with van der Waals surface area (Å²) >= 11 is 0. The van der Waals surface area contributed by atoms with Gasteiger partial charge in [-0.1, -0.05) is 121 Å². The number of furan rings is 3. The molecule has 4 aromatic heterocycles. The second kappa shape index (κ2) is 14.1. The zero-order chi connectivity index (χ0) is 41.4. The van der Waals surface area contributed by atoms with Crippen molar-refractivity contribution in [3.8, 4) is 45.0 Å². The quantitative estimate of drug-likeness (QED) is 0.166. The second-order valence-electron chi connectivity index (χ2n) is 16.3. The van der Waals surface area contributed by atoms with Gasteiger partial charge in [0.25, 0.3) is 0 Å². The fraction of sp³-hybridized carbons (Fsp3) is 0.0351. The summed E-state index contributed by atoms with van der Waals surface area (Å²) in [6.07, 6.45) is 7.50. The van der Waals surface area contributed by atoms with Gasteiger partial charge in [-0.3, -0.25) is 0 Å². The van der Waals surface area contributed by atoms with Gasteiger partial charge in [0.1, 0.15) is 33.5 Å². The molecule has 0 bridgehead atoms. The van der Waals surface area contributed by atoms with Crippen LogP contribution in [0.2, 0.25) is 0 Å². The van der Waals surface area contributed by atoms with Gasteiger partial charge in [0, 0.05) is 54.9 Å².